The van der Waals surface area contributed by atoms with E-state index < -0.39 is 0 Å². The lowest BCUT2D eigenvalue weighted by molar-refractivity contribution is 0.0986. The molecule has 0 fully saturated rings. The number of thiazole rings is 1. The summed E-state index contributed by atoms with van der Waals surface area (Å²) in [6, 6.07) is 22.6. The number of benzene rings is 3. The molecule has 0 aliphatic carbocycles. The van der Waals surface area contributed by atoms with Gasteiger partial charge in [-0.2, -0.15) is 0 Å². The second-order valence-corrected chi connectivity index (χ2v) is 8.89. The van der Waals surface area contributed by atoms with Crippen molar-refractivity contribution in [1.29, 1.82) is 0 Å². The van der Waals surface area contributed by atoms with Gasteiger partial charge in [0.1, 0.15) is 17.2 Å². The molecule has 4 rings (SSSR count). The Hall–Kier alpha value is -3.13. The lowest BCUT2D eigenvalue weighted by atomic mass is 10.2. The summed E-state index contributed by atoms with van der Waals surface area (Å²) in [6.07, 6.45) is 0.840. The second-order valence-electron chi connectivity index (χ2n) is 7.88. The second kappa shape index (κ2) is 11.8. The number of ether oxygens (including phenoxy) is 2. The molecule has 4 aromatic rings. The number of halogens is 1. The lowest BCUT2D eigenvalue weighted by Crippen LogP contribution is -2.33. The summed E-state index contributed by atoms with van der Waals surface area (Å²) >= 11 is 1.51. The Morgan fingerprint density at radius 1 is 0.912 bits per heavy atom. The zero-order chi connectivity index (χ0) is 23.2. The number of carbonyl (C=O) groups excluding carboxylic acids is 1. The van der Waals surface area contributed by atoms with Crippen LogP contribution in [0.1, 0.15) is 16.8 Å². The van der Waals surface area contributed by atoms with Crippen molar-refractivity contribution in [2.75, 3.05) is 39.2 Å². The van der Waals surface area contributed by atoms with Crippen LogP contribution in [0.5, 0.6) is 17.2 Å². The first-order chi connectivity index (χ1) is 16.0. The van der Waals surface area contributed by atoms with Crippen molar-refractivity contribution in [1.82, 2.24) is 9.88 Å². The van der Waals surface area contributed by atoms with Crippen LogP contribution in [0.3, 0.4) is 0 Å². The zero-order valence-corrected chi connectivity index (χ0v) is 21.1. The third-order valence-corrected chi connectivity index (χ3v) is 6.19. The third-order valence-electron chi connectivity index (χ3n) is 5.13. The van der Waals surface area contributed by atoms with Crippen LogP contribution in [0.15, 0.2) is 72.8 Å². The standard InChI is InChI=1S/C26H27N3O3S.ClH/c1-28(2)16-7-17-29(26-27-23-18-22(31-3)14-15-24(23)33-26)25(30)19-10-12-21(13-11-19)32-20-8-5-4-6-9-20;/h4-6,8-15,18H,7,16-17H2,1-3H3;1H. The number of para-hydroxylation sites is 1. The van der Waals surface area contributed by atoms with Gasteiger partial charge in [-0.1, -0.05) is 29.5 Å². The summed E-state index contributed by atoms with van der Waals surface area (Å²) in [5.74, 6) is 2.11. The molecule has 1 amide bonds. The maximum absolute atomic E-state index is 13.5. The topological polar surface area (TPSA) is 54.9 Å². The van der Waals surface area contributed by atoms with E-state index in [4.69, 9.17) is 14.5 Å². The molecule has 1 heterocycles. The molecule has 0 unspecified atom stereocenters. The Kier molecular flexibility index (Phi) is 8.87. The minimum absolute atomic E-state index is 0. The molecule has 0 saturated heterocycles. The Morgan fingerprint density at radius 3 is 2.26 bits per heavy atom. The lowest BCUT2D eigenvalue weighted by Gasteiger charge is -2.21. The van der Waals surface area contributed by atoms with E-state index in [1.54, 1.807) is 24.1 Å². The molecule has 34 heavy (non-hydrogen) atoms. The van der Waals surface area contributed by atoms with Crippen molar-refractivity contribution in [3.8, 4) is 17.2 Å². The number of amides is 1. The van der Waals surface area contributed by atoms with Gasteiger partial charge in [0.2, 0.25) is 0 Å². The summed E-state index contributed by atoms with van der Waals surface area (Å²) in [4.78, 5) is 22.1. The van der Waals surface area contributed by atoms with E-state index >= 15 is 0 Å². The number of methoxy groups -OCH3 is 1. The highest BCUT2D eigenvalue weighted by Crippen LogP contribution is 2.32. The van der Waals surface area contributed by atoms with Gasteiger partial charge in [-0.25, -0.2) is 4.98 Å². The maximum atomic E-state index is 13.5. The van der Waals surface area contributed by atoms with E-state index in [0.29, 0.717) is 23.0 Å². The van der Waals surface area contributed by atoms with Crippen LogP contribution in [-0.2, 0) is 0 Å². The molecule has 0 saturated carbocycles. The number of nitrogens with zero attached hydrogens (tertiary/aromatic N) is 3. The number of carbonyl (C=O) groups is 1. The fourth-order valence-corrected chi connectivity index (χ4v) is 4.38. The Bertz CT molecular complexity index is 1210. The van der Waals surface area contributed by atoms with Gasteiger partial charge in [0.15, 0.2) is 5.13 Å². The predicted octanol–water partition coefficient (Wildman–Crippen LogP) is 6.12. The minimum atomic E-state index is -0.0777. The molecule has 3 aromatic carbocycles. The highest BCUT2D eigenvalue weighted by molar-refractivity contribution is 7.22. The average Bonchev–Trinajstić information content (AvgIpc) is 3.25. The Balaban J connectivity index is 0.00000324. The Morgan fingerprint density at radius 2 is 1.59 bits per heavy atom. The van der Waals surface area contributed by atoms with Crippen LogP contribution in [0.2, 0.25) is 0 Å². The van der Waals surface area contributed by atoms with E-state index in [1.807, 2.05) is 74.8 Å². The fourth-order valence-electron chi connectivity index (χ4n) is 3.41. The molecular formula is C26H28ClN3O3S. The normalized spacial score (nSPS) is 10.7. The molecule has 6 nitrogen and oxygen atoms in total. The maximum Gasteiger partial charge on any atom is 0.260 e. The highest BCUT2D eigenvalue weighted by Gasteiger charge is 2.21. The first kappa shape index (κ1) is 25.5. The van der Waals surface area contributed by atoms with E-state index in [1.165, 1.54) is 11.3 Å². The largest absolute Gasteiger partial charge is 0.497 e. The van der Waals surface area contributed by atoms with Crippen molar-refractivity contribution in [3.05, 3.63) is 78.4 Å². The van der Waals surface area contributed by atoms with Crippen molar-refractivity contribution in [2.24, 2.45) is 0 Å². The first-order valence-corrected chi connectivity index (χ1v) is 11.6. The molecule has 0 bridgehead atoms. The summed E-state index contributed by atoms with van der Waals surface area (Å²) < 4.78 is 12.2. The van der Waals surface area contributed by atoms with Gasteiger partial charge in [0, 0.05) is 18.2 Å². The van der Waals surface area contributed by atoms with Gasteiger partial charge in [-0.05, 0) is 75.6 Å². The molecule has 0 radical (unpaired) electrons. The predicted molar refractivity (Wildman–Crippen MR) is 141 cm³/mol. The van der Waals surface area contributed by atoms with Crippen LogP contribution >= 0.6 is 23.7 Å². The van der Waals surface area contributed by atoms with E-state index in [0.717, 1.165) is 34.7 Å². The van der Waals surface area contributed by atoms with Gasteiger partial charge in [0.25, 0.3) is 5.91 Å². The Labute approximate surface area is 210 Å². The average molecular weight is 498 g/mol. The van der Waals surface area contributed by atoms with E-state index in [9.17, 15) is 4.79 Å². The minimum Gasteiger partial charge on any atom is -0.497 e. The van der Waals surface area contributed by atoms with Gasteiger partial charge in [0.05, 0.1) is 17.3 Å². The molecule has 178 valence electrons. The summed E-state index contributed by atoms with van der Waals surface area (Å²) in [5, 5.41) is 0.687. The number of fused-ring (bicyclic) bond motifs is 1. The van der Waals surface area contributed by atoms with Gasteiger partial charge < -0.3 is 14.4 Å². The molecule has 0 aliphatic heterocycles. The van der Waals surface area contributed by atoms with Gasteiger partial charge in [-0.15, -0.1) is 12.4 Å². The third kappa shape index (κ3) is 6.26. The quantitative estimate of drug-likeness (QED) is 0.279. The van der Waals surface area contributed by atoms with Gasteiger partial charge >= 0.3 is 0 Å². The van der Waals surface area contributed by atoms with Crippen LogP contribution in [-0.4, -0.2) is 50.1 Å². The smallest absolute Gasteiger partial charge is 0.260 e. The molecule has 1 aromatic heterocycles. The van der Waals surface area contributed by atoms with E-state index in [2.05, 4.69) is 4.90 Å². The zero-order valence-electron chi connectivity index (χ0n) is 19.4. The van der Waals surface area contributed by atoms with Crippen molar-refractivity contribution in [2.45, 2.75) is 6.42 Å². The molecule has 0 N–H and O–H groups in total. The number of aromatic nitrogens is 1. The molecular weight excluding hydrogens is 470 g/mol. The molecule has 8 heteroatoms. The summed E-state index contributed by atoms with van der Waals surface area (Å²) in [5.41, 5.74) is 1.42. The molecule has 0 atom stereocenters. The number of hydrogen-bond donors (Lipinski definition) is 0. The van der Waals surface area contributed by atoms with Crippen molar-refractivity contribution >= 4 is 45.0 Å². The molecule has 0 aliphatic rings. The summed E-state index contributed by atoms with van der Waals surface area (Å²) in [6.45, 7) is 1.46. The van der Waals surface area contributed by atoms with Crippen LogP contribution in [0, 0.1) is 0 Å². The number of rotatable bonds is 9. The molecule has 0 spiro atoms. The van der Waals surface area contributed by atoms with Crippen LogP contribution in [0.25, 0.3) is 10.2 Å². The monoisotopic (exact) mass is 497 g/mol. The van der Waals surface area contributed by atoms with Crippen molar-refractivity contribution in [3.63, 3.8) is 0 Å². The van der Waals surface area contributed by atoms with Crippen LogP contribution < -0.4 is 14.4 Å². The highest BCUT2D eigenvalue weighted by atomic mass is 35.5. The first-order valence-electron chi connectivity index (χ1n) is 10.8. The fraction of sp³-hybridized carbons (Fsp3) is 0.231. The van der Waals surface area contributed by atoms with Gasteiger partial charge in [-0.3, -0.25) is 9.69 Å². The number of anilines is 1. The van der Waals surface area contributed by atoms with E-state index in [-0.39, 0.29) is 18.3 Å². The van der Waals surface area contributed by atoms with Crippen LogP contribution in [0.4, 0.5) is 5.13 Å². The summed E-state index contributed by atoms with van der Waals surface area (Å²) in [7, 11) is 5.69. The SMILES string of the molecule is COc1ccc2sc(N(CCCN(C)C)C(=O)c3ccc(Oc4ccccc4)cc3)nc2c1.Cl. The number of hydrogen-bond acceptors (Lipinski definition) is 6. The van der Waals surface area contributed by atoms with Crippen molar-refractivity contribution < 1.29 is 14.3 Å².